The van der Waals surface area contributed by atoms with Crippen molar-refractivity contribution in [2.24, 2.45) is 4.99 Å². The van der Waals surface area contributed by atoms with Crippen LogP contribution in [0.3, 0.4) is 0 Å². The van der Waals surface area contributed by atoms with Crippen molar-refractivity contribution < 1.29 is 4.39 Å². The number of nitrogens with one attached hydrogen (secondary N) is 2. The quantitative estimate of drug-likeness (QED) is 0.620. The number of fused-ring (bicyclic) bond motifs is 1. The molecule has 3 aromatic rings. The summed E-state index contributed by atoms with van der Waals surface area (Å²) in [5.41, 5.74) is 4.66. The highest BCUT2D eigenvalue weighted by atomic mass is 35.5. The minimum Gasteiger partial charge on any atom is -0.375 e. The first kappa shape index (κ1) is 21.4. The molecule has 4 heterocycles. The number of nitrogens with zero attached hydrogens (tertiary/aromatic N) is 5. The average molecular weight is 458 g/mol. The van der Waals surface area contributed by atoms with Gasteiger partial charge in [0.25, 0.3) is 0 Å². The Morgan fingerprint density at radius 1 is 1.19 bits per heavy atom. The Labute approximate surface area is 189 Å². The fourth-order valence-electron chi connectivity index (χ4n) is 3.44. The van der Waals surface area contributed by atoms with Crippen molar-refractivity contribution in [2.45, 2.75) is 6.42 Å². The second-order valence-corrected chi connectivity index (χ2v) is 7.98. The Hall–Kier alpha value is -2.88. The molecule has 2 aromatic heterocycles. The van der Waals surface area contributed by atoms with Gasteiger partial charge in [-0.3, -0.25) is 0 Å². The van der Waals surface area contributed by atoms with E-state index in [4.69, 9.17) is 0 Å². The maximum Gasteiger partial charge on any atom is 0.229 e. The van der Waals surface area contributed by atoms with E-state index in [9.17, 15) is 4.39 Å². The lowest BCUT2D eigenvalue weighted by Gasteiger charge is -2.26. The second kappa shape index (κ2) is 9.51. The molecule has 2 aliphatic rings. The molecule has 2 N–H and O–H groups in total. The number of anilines is 1. The molecule has 0 aliphatic carbocycles. The van der Waals surface area contributed by atoms with E-state index < -0.39 is 5.82 Å². The van der Waals surface area contributed by atoms with E-state index in [1.807, 2.05) is 30.5 Å². The number of thiazole rings is 1. The standard InChI is InChI=1S/C21H20FN7S.ClH/c22-16-11-25-21(28-20(16)15-2-3-18-17(9-15)26-13-30-18)27-19-4-1-14(10-24-19)12-29-7-5-23-6-8-29;/h2-4,9-13,23H,1,5-8H2,(H,25,27,28);1H. The number of hydrogen-bond acceptors (Lipinski definition) is 8. The van der Waals surface area contributed by atoms with Gasteiger partial charge >= 0.3 is 0 Å². The van der Waals surface area contributed by atoms with E-state index in [0.29, 0.717) is 17.3 Å². The van der Waals surface area contributed by atoms with Crippen LogP contribution in [0.4, 0.5) is 10.3 Å². The summed E-state index contributed by atoms with van der Waals surface area (Å²) < 4.78 is 15.5. The minimum absolute atomic E-state index is 0. The summed E-state index contributed by atoms with van der Waals surface area (Å²) in [5, 5.41) is 6.43. The molecule has 1 aromatic carbocycles. The first-order chi connectivity index (χ1) is 14.7. The summed E-state index contributed by atoms with van der Waals surface area (Å²) in [6.07, 6.45) is 7.95. The number of benzene rings is 1. The topological polar surface area (TPSA) is 78.3 Å². The zero-order valence-electron chi connectivity index (χ0n) is 16.6. The van der Waals surface area contributed by atoms with Crippen molar-refractivity contribution in [1.82, 2.24) is 25.2 Å². The highest BCUT2D eigenvalue weighted by molar-refractivity contribution is 7.16. The van der Waals surface area contributed by atoms with E-state index in [1.165, 1.54) is 6.20 Å². The van der Waals surface area contributed by atoms with E-state index in [2.05, 4.69) is 41.7 Å². The van der Waals surface area contributed by atoms with Gasteiger partial charge in [0.05, 0.1) is 21.9 Å². The predicted octanol–water partition coefficient (Wildman–Crippen LogP) is 3.83. The van der Waals surface area contributed by atoms with E-state index in [1.54, 1.807) is 16.8 Å². The number of halogens is 2. The smallest absolute Gasteiger partial charge is 0.229 e. The summed E-state index contributed by atoms with van der Waals surface area (Å²) in [7, 11) is 0. The largest absolute Gasteiger partial charge is 0.375 e. The van der Waals surface area contributed by atoms with Crippen molar-refractivity contribution >= 4 is 46.1 Å². The summed E-state index contributed by atoms with van der Waals surface area (Å²) in [6, 6.07) is 5.62. The van der Waals surface area contributed by atoms with Gasteiger partial charge in [0.15, 0.2) is 5.82 Å². The molecule has 1 saturated heterocycles. The van der Waals surface area contributed by atoms with Crippen molar-refractivity contribution in [3.63, 3.8) is 0 Å². The van der Waals surface area contributed by atoms with Crippen LogP contribution in [0, 0.1) is 5.82 Å². The van der Waals surface area contributed by atoms with Crippen molar-refractivity contribution in [1.29, 1.82) is 0 Å². The number of piperazine rings is 1. The molecule has 31 heavy (non-hydrogen) atoms. The molecule has 7 nitrogen and oxygen atoms in total. The van der Waals surface area contributed by atoms with Crippen LogP contribution in [-0.4, -0.2) is 52.2 Å². The molecule has 0 unspecified atom stereocenters. The lowest BCUT2D eigenvalue weighted by atomic mass is 10.1. The lowest BCUT2D eigenvalue weighted by molar-refractivity contribution is 0.323. The Balaban J connectivity index is 0.00000231. The van der Waals surface area contributed by atoms with Gasteiger partial charge in [0, 0.05) is 44.2 Å². The van der Waals surface area contributed by atoms with Crippen LogP contribution < -0.4 is 10.6 Å². The summed E-state index contributed by atoms with van der Waals surface area (Å²) in [5.74, 6) is 0.486. The molecule has 0 amide bonds. The Kier molecular flexibility index (Phi) is 6.55. The van der Waals surface area contributed by atoms with E-state index >= 15 is 0 Å². The molecular formula is C21H21ClFN7S. The van der Waals surface area contributed by atoms with Crippen LogP contribution in [0.25, 0.3) is 21.5 Å². The van der Waals surface area contributed by atoms with Crippen molar-refractivity contribution in [3.8, 4) is 11.3 Å². The average Bonchev–Trinajstić information content (AvgIpc) is 3.25. The van der Waals surface area contributed by atoms with Gasteiger partial charge in [-0.15, -0.1) is 23.7 Å². The highest BCUT2D eigenvalue weighted by Gasteiger charge is 2.13. The van der Waals surface area contributed by atoms with Gasteiger partial charge < -0.3 is 15.5 Å². The number of aliphatic imine (C=N–C) groups is 1. The van der Waals surface area contributed by atoms with Gasteiger partial charge in [-0.1, -0.05) is 6.07 Å². The molecule has 0 spiro atoms. The third-order valence-corrected chi connectivity index (χ3v) is 5.80. The van der Waals surface area contributed by atoms with Crippen LogP contribution in [-0.2, 0) is 0 Å². The Morgan fingerprint density at radius 2 is 2.06 bits per heavy atom. The number of hydrogen-bond donors (Lipinski definition) is 2. The van der Waals surface area contributed by atoms with Crippen LogP contribution in [0.2, 0.25) is 0 Å². The molecular weight excluding hydrogens is 437 g/mol. The minimum atomic E-state index is -0.475. The third kappa shape index (κ3) is 4.90. The highest BCUT2D eigenvalue weighted by Crippen LogP contribution is 2.27. The molecule has 0 bridgehead atoms. The normalized spacial score (nSPS) is 17.5. The summed E-state index contributed by atoms with van der Waals surface area (Å²) in [6.45, 7) is 4.02. The number of allylic oxidation sites excluding steroid dienone is 2. The van der Waals surface area contributed by atoms with Crippen LogP contribution in [0.15, 0.2) is 58.6 Å². The van der Waals surface area contributed by atoms with Crippen molar-refractivity contribution in [2.75, 3.05) is 31.5 Å². The first-order valence-corrected chi connectivity index (χ1v) is 10.7. The van der Waals surface area contributed by atoms with Gasteiger partial charge in [-0.25, -0.2) is 24.3 Å². The zero-order valence-corrected chi connectivity index (χ0v) is 18.2. The monoisotopic (exact) mass is 457 g/mol. The zero-order chi connectivity index (χ0) is 20.3. The summed E-state index contributed by atoms with van der Waals surface area (Å²) >= 11 is 1.55. The maximum atomic E-state index is 14.4. The lowest BCUT2D eigenvalue weighted by Crippen LogP contribution is -2.40. The van der Waals surface area contributed by atoms with Gasteiger partial charge in [-0.05, 0) is 30.2 Å². The first-order valence-electron chi connectivity index (χ1n) is 9.77. The van der Waals surface area contributed by atoms with Crippen LogP contribution in [0.5, 0.6) is 0 Å². The van der Waals surface area contributed by atoms with Crippen LogP contribution >= 0.6 is 23.7 Å². The molecule has 5 rings (SSSR count). The molecule has 10 heteroatoms. The third-order valence-electron chi connectivity index (χ3n) is 4.99. The molecule has 2 aliphatic heterocycles. The predicted molar refractivity (Wildman–Crippen MR) is 125 cm³/mol. The molecule has 0 radical (unpaired) electrons. The SMILES string of the molecule is Cl.Fc1cnc(NC2=CCC(=CN3CCNCC3)C=N2)nc1-c1ccc2scnc2c1. The van der Waals surface area contributed by atoms with Gasteiger partial charge in [-0.2, -0.15) is 0 Å². The van der Waals surface area contributed by atoms with E-state index in [-0.39, 0.29) is 18.1 Å². The Morgan fingerprint density at radius 3 is 2.87 bits per heavy atom. The number of rotatable bonds is 4. The fraction of sp³-hybridized carbons (Fsp3) is 0.238. The van der Waals surface area contributed by atoms with Crippen LogP contribution in [0.1, 0.15) is 6.42 Å². The van der Waals surface area contributed by atoms with Gasteiger partial charge in [0.2, 0.25) is 5.95 Å². The summed E-state index contributed by atoms with van der Waals surface area (Å²) in [4.78, 5) is 19.5. The molecule has 160 valence electrons. The molecule has 0 atom stereocenters. The second-order valence-electron chi connectivity index (χ2n) is 7.09. The van der Waals surface area contributed by atoms with Gasteiger partial charge in [0.1, 0.15) is 11.5 Å². The number of aromatic nitrogens is 3. The Bertz CT molecular complexity index is 1170. The van der Waals surface area contributed by atoms with Crippen molar-refractivity contribution in [3.05, 3.63) is 59.4 Å². The van der Waals surface area contributed by atoms with E-state index in [0.717, 1.165) is 48.4 Å². The maximum absolute atomic E-state index is 14.4. The fourth-order valence-corrected chi connectivity index (χ4v) is 4.10. The molecule has 0 saturated carbocycles. The molecule has 1 fully saturated rings.